The molecule has 4 rings (SSSR count). The van der Waals surface area contributed by atoms with Gasteiger partial charge in [-0.15, -0.1) is 0 Å². The zero-order valence-corrected chi connectivity index (χ0v) is 16.5. The summed E-state index contributed by atoms with van der Waals surface area (Å²) in [5, 5.41) is 10.8. The van der Waals surface area contributed by atoms with Crippen LogP contribution in [0, 0.1) is 10.1 Å². The number of nitro groups is 1. The summed E-state index contributed by atoms with van der Waals surface area (Å²) in [5.74, 6) is 1.44. The average Bonchev–Trinajstić information content (AvgIpc) is 2.79. The molecule has 30 heavy (non-hydrogen) atoms. The quantitative estimate of drug-likeness (QED) is 0.226. The van der Waals surface area contributed by atoms with E-state index in [2.05, 4.69) is 14.7 Å². The Hall–Kier alpha value is -3.91. The van der Waals surface area contributed by atoms with Gasteiger partial charge in [-0.05, 0) is 36.2 Å². The second-order valence-electron chi connectivity index (χ2n) is 6.15. The van der Waals surface area contributed by atoms with Gasteiger partial charge in [-0.2, -0.15) is 4.98 Å². The predicted molar refractivity (Wildman–Crippen MR) is 117 cm³/mol. The summed E-state index contributed by atoms with van der Waals surface area (Å²) < 4.78 is 8.99. The average molecular weight is 416 g/mol. The van der Waals surface area contributed by atoms with E-state index in [0.717, 1.165) is 10.5 Å². The van der Waals surface area contributed by atoms with Crippen molar-refractivity contribution in [1.29, 1.82) is 0 Å². The number of hydrogen-bond acceptors (Lipinski definition) is 7. The number of nitrogens with one attached hydrogen (secondary N) is 1. The number of nitrogens with zero attached hydrogens (tertiary/aromatic N) is 3. The minimum Gasteiger partial charge on any atom is -0.439 e. The standard InChI is InChI=1S/C22H16N4O3S/c27-26(28)17-11-13-19(14-12-17)30-25-22-23-20(16-7-3-1-4-8-16)15-21(24-22)29-18-9-5-2-6-10-18/h1-15H,(H,23,24,25). The van der Waals surface area contributed by atoms with E-state index in [9.17, 15) is 10.1 Å². The van der Waals surface area contributed by atoms with Crippen LogP contribution in [0.1, 0.15) is 0 Å². The SMILES string of the molecule is O=[N+]([O-])c1ccc(SNc2nc(Oc3ccccc3)cc(-c3ccccc3)n2)cc1. The number of non-ortho nitro benzene ring substituents is 1. The molecule has 0 aliphatic carbocycles. The number of nitro benzene ring substituents is 1. The molecular formula is C22H16N4O3S. The van der Waals surface area contributed by atoms with Crippen LogP contribution in [0.2, 0.25) is 0 Å². The second-order valence-corrected chi connectivity index (χ2v) is 7.03. The molecule has 0 unspecified atom stereocenters. The monoisotopic (exact) mass is 416 g/mol. The summed E-state index contributed by atoms with van der Waals surface area (Å²) in [5.41, 5.74) is 1.68. The number of benzene rings is 3. The molecule has 148 valence electrons. The third-order valence-corrected chi connectivity index (χ3v) is 4.84. The highest BCUT2D eigenvalue weighted by Crippen LogP contribution is 2.28. The Kier molecular flexibility index (Phi) is 5.86. The van der Waals surface area contributed by atoms with Crippen molar-refractivity contribution in [3.05, 3.63) is 101 Å². The van der Waals surface area contributed by atoms with Crippen LogP contribution in [0.5, 0.6) is 11.6 Å². The first kappa shape index (κ1) is 19.4. The van der Waals surface area contributed by atoms with Crippen molar-refractivity contribution in [3.8, 4) is 22.9 Å². The Morgan fingerprint density at radius 1 is 0.867 bits per heavy atom. The van der Waals surface area contributed by atoms with Crippen molar-refractivity contribution in [3.63, 3.8) is 0 Å². The second kappa shape index (κ2) is 9.06. The number of ether oxygens (including phenoxy) is 1. The minimum absolute atomic E-state index is 0.0419. The molecule has 0 fully saturated rings. The Balaban J connectivity index is 1.59. The summed E-state index contributed by atoms with van der Waals surface area (Å²) >= 11 is 1.26. The topological polar surface area (TPSA) is 90.2 Å². The van der Waals surface area contributed by atoms with Crippen molar-refractivity contribution >= 4 is 23.6 Å². The highest BCUT2D eigenvalue weighted by molar-refractivity contribution is 8.00. The lowest BCUT2D eigenvalue weighted by molar-refractivity contribution is -0.384. The van der Waals surface area contributed by atoms with Crippen LogP contribution < -0.4 is 9.46 Å². The maximum atomic E-state index is 10.8. The summed E-state index contributed by atoms with van der Waals surface area (Å²) in [6, 6.07) is 27.1. The van der Waals surface area contributed by atoms with E-state index in [-0.39, 0.29) is 5.69 Å². The van der Waals surface area contributed by atoms with E-state index in [1.165, 1.54) is 24.1 Å². The summed E-state index contributed by atoms with van der Waals surface area (Å²) in [6.07, 6.45) is 0. The molecule has 0 aliphatic heterocycles. The molecule has 1 N–H and O–H groups in total. The molecular weight excluding hydrogens is 400 g/mol. The van der Waals surface area contributed by atoms with Crippen LogP contribution in [0.4, 0.5) is 11.6 Å². The van der Waals surface area contributed by atoms with Crippen molar-refractivity contribution in [2.24, 2.45) is 0 Å². The van der Waals surface area contributed by atoms with Crippen molar-refractivity contribution in [1.82, 2.24) is 9.97 Å². The third-order valence-electron chi connectivity index (χ3n) is 4.05. The summed E-state index contributed by atoms with van der Waals surface area (Å²) in [7, 11) is 0. The fourth-order valence-electron chi connectivity index (χ4n) is 2.63. The van der Waals surface area contributed by atoms with Gasteiger partial charge in [0.25, 0.3) is 5.69 Å². The molecule has 0 saturated heterocycles. The molecule has 0 atom stereocenters. The molecule has 4 aromatic rings. The Morgan fingerprint density at radius 2 is 1.53 bits per heavy atom. The van der Waals surface area contributed by atoms with Gasteiger partial charge in [0, 0.05) is 28.7 Å². The molecule has 0 radical (unpaired) electrons. The van der Waals surface area contributed by atoms with E-state index in [4.69, 9.17) is 4.74 Å². The molecule has 0 bridgehead atoms. The van der Waals surface area contributed by atoms with Gasteiger partial charge in [-0.3, -0.25) is 14.8 Å². The van der Waals surface area contributed by atoms with Gasteiger partial charge < -0.3 is 4.74 Å². The maximum absolute atomic E-state index is 10.8. The van der Waals surface area contributed by atoms with Gasteiger partial charge in [0.1, 0.15) is 5.75 Å². The lowest BCUT2D eigenvalue weighted by Crippen LogP contribution is -1.99. The van der Waals surface area contributed by atoms with Gasteiger partial charge in [0.15, 0.2) is 0 Å². The summed E-state index contributed by atoms with van der Waals surface area (Å²) in [6.45, 7) is 0. The Labute approximate surface area is 177 Å². The number of anilines is 1. The highest BCUT2D eigenvalue weighted by Gasteiger charge is 2.10. The normalized spacial score (nSPS) is 10.4. The van der Waals surface area contributed by atoms with Gasteiger partial charge >= 0.3 is 0 Å². The van der Waals surface area contributed by atoms with Gasteiger partial charge in [-0.1, -0.05) is 48.5 Å². The molecule has 0 spiro atoms. The predicted octanol–water partition coefficient (Wildman–Crippen LogP) is 5.96. The van der Waals surface area contributed by atoms with Crippen LogP contribution in [-0.4, -0.2) is 14.9 Å². The number of aromatic nitrogens is 2. The molecule has 1 heterocycles. The van der Waals surface area contributed by atoms with Gasteiger partial charge in [-0.25, -0.2) is 4.98 Å². The highest BCUT2D eigenvalue weighted by atomic mass is 32.2. The summed E-state index contributed by atoms with van der Waals surface area (Å²) in [4.78, 5) is 20.2. The Morgan fingerprint density at radius 3 is 2.20 bits per heavy atom. The largest absolute Gasteiger partial charge is 0.439 e. The van der Waals surface area contributed by atoms with Crippen molar-refractivity contribution in [2.75, 3.05) is 4.72 Å². The van der Waals surface area contributed by atoms with Crippen LogP contribution in [0.15, 0.2) is 95.9 Å². The van der Waals surface area contributed by atoms with E-state index >= 15 is 0 Å². The van der Waals surface area contributed by atoms with Gasteiger partial charge in [0.05, 0.1) is 10.6 Å². The maximum Gasteiger partial charge on any atom is 0.269 e. The first-order valence-electron chi connectivity index (χ1n) is 9.02. The molecule has 7 nitrogen and oxygen atoms in total. The van der Waals surface area contributed by atoms with Crippen LogP contribution in [0.25, 0.3) is 11.3 Å². The first-order valence-corrected chi connectivity index (χ1v) is 9.84. The van der Waals surface area contributed by atoms with Crippen LogP contribution in [0.3, 0.4) is 0 Å². The number of hydrogen-bond donors (Lipinski definition) is 1. The third kappa shape index (κ3) is 4.92. The van der Waals surface area contributed by atoms with E-state index in [1.807, 2.05) is 60.7 Å². The van der Waals surface area contributed by atoms with E-state index in [0.29, 0.717) is 23.3 Å². The van der Waals surface area contributed by atoms with Crippen molar-refractivity contribution in [2.45, 2.75) is 4.90 Å². The van der Waals surface area contributed by atoms with Crippen molar-refractivity contribution < 1.29 is 9.66 Å². The van der Waals surface area contributed by atoms with Crippen LogP contribution in [-0.2, 0) is 0 Å². The van der Waals surface area contributed by atoms with E-state index < -0.39 is 4.92 Å². The first-order chi connectivity index (χ1) is 14.7. The Bertz CT molecular complexity index is 1140. The zero-order valence-electron chi connectivity index (χ0n) is 15.6. The molecule has 8 heteroatoms. The van der Waals surface area contributed by atoms with Crippen LogP contribution >= 0.6 is 11.9 Å². The number of rotatable bonds is 7. The number of para-hydroxylation sites is 1. The van der Waals surface area contributed by atoms with E-state index in [1.54, 1.807) is 18.2 Å². The lowest BCUT2D eigenvalue weighted by atomic mass is 10.1. The molecule has 1 aromatic heterocycles. The van der Waals surface area contributed by atoms with Gasteiger partial charge in [0.2, 0.25) is 11.8 Å². The molecule has 3 aromatic carbocycles. The lowest BCUT2D eigenvalue weighted by Gasteiger charge is -2.10. The molecule has 0 amide bonds. The zero-order chi connectivity index (χ0) is 20.8. The smallest absolute Gasteiger partial charge is 0.269 e. The molecule has 0 aliphatic rings. The fourth-order valence-corrected chi connectivity index (χ4v) is 3.20. The minimum atomic E-state index is -0.429. The molecule has 0 saturated carbocycles. The fraction of sp³-hybridized carbons (Fsp3) is 0.